The molecule has 0 aromatic heterocycles. The number of carbonyl (C=O) groups excluding carboxylic acids is 1. The van der Waals surface area contributed by atoms with E-state index in [9.17, 15) is 4.79 Å². The van der Waals surface area contributed by atoms with Crippen LogP contribution in [0, 0.1) is 5.92 Å². The average molecular weight is 262 g/mol. The summed E-state index contributed by atoms with van der Waals surface area (Å²) in [6.07, 6.45) is 0.512. The highest BCUT2D eigenvalue weighted by Crippen LogP contribution is 2.24. The van der Waals surface area contributed by atoms with Crippen molar-refractivity contribution in [2.45, 2.75) is 19.4 Å². The van der Waals surface area contributed by atoms with Crippen molar-refractivity contribution in [3.8, 4) is 0 Å². The third-order valence-corrected chi connectivity index (χ3v) is 3.59. The Kier molecular flexibility index (Phi) is 4.93. The lowest BCUT2D eigenvalue weighted by Gasteiger charge is -2.23. The molecular weight excluding hydrogens is 240 g/mol. The summed E-state index contributed by atoms with van der Waals surface area (Å²) in [7, 11) is 0. The summed E-state index contributed by atoms with van der Waals surface area (Å²) >= 11 is 0. The molecule has 104 valence electrons. The van der Waals surface area contributed by atoms with Crippen molar-refractivity contribution in [3.63, 3.8) is 0 Å². The number of amides is 1. The number of nitrogens with zero attached hydrogens (tertiary/aromatic N) is 1. The van der Waals surface area contributed by atoms with Crippen molar-refractivity contribution in [2.75, 3.05) is 26.2 Å². The van der Waals surface area contributed by atoms with E-state index in [0.29, 0.717) is 19.1 Å². The number of benzene rings is 1. The van der Waals surface area contributed by atoms with Crippen LogP contribution < -0.4 is 5.73 Å². The maximum Gasteiger partial charge on any atom is 0.256 e. The van der Waals surface area contributed by atoms with Crippen molar-refractivity contribution in [3.05, 3.63) is 35.9 Å². The highest BCUT2D eigenvalue weighted by atomic mass is 16.5. The van der Waals surface area contributed by atoms with E-state index in [4.69, 9.17) is 10.5 Å². The van der Waals surface area contributed by atoms with Gasteiger partial charge in [0.05, 0.1) is 0 Å². The Labute approximate surface area is 114 Å². The third kappa shape index (κ3) is 3.33. The lowest BCUT2D eigenvalue weighted by atomic mass is 10.1. The lowest BCUT2D eigenvalue weighted by molar-refractivity contribution is -0.143. The standard InChI is InChI=1S/C15H22N2O2/c1-2-19-14(13-6-4-3-5-7-13)15(18)17-9-8-12(10-16)11-17/h3-7,12,14H,2,8-11,16H2,1H3. The minimum atomic E-state index is -0.484. The largest absolute Gasteiger partial charge is 0.364 e. The first-order chi connectivity index (χ1) is 9.26. The van der Waals surface area contributed by atoms with Crippen LogP contribution in [0.5, 0.6) is 0 Å². The normalized spacial score (nSPS) is 20.5. The zero-order chi connectivity index (χ0) is 13.7. The second-order valence-electron chi connectivity index (χ2n) is 4.92. The minimum Gasteiger partial charge on any atom is -0.364 e. The van der Waals surface area contributed by atoms with Gasteiger partial charge in [-0.05, 0) is 31.4 Å². The average Bonchev–Trinajstić information content (AvgIpc) is 2.94. The van der Waals surface area contributed by atoms with Gasteiger partial charge in [0.2, 0.25) is 0 Å². The quantitative estimate of drug-likeness (QED) is 0.876. The molecule has 0 bridgehead atoms. The molecule has 1 heterocycles. The predicted octanol–water partition coefficient (Wildman–Crippen LogP) is 1.57. The molecule has 1 aromatic rings. The molecule has 0 saturated carbocycles. The Morgan fingerprint density at radius 1 is 1.47 bits per heavy atom. The fourth-order valence-electron chi connectivity index (χ4n) is 2.50. The molecule has 1 aliphatic heterocycles. The maximum atomic E-state index is 12.6. The second-order valence-corrected chi connectivity index (χ2v) is 4.92. The van der Waals surface area contributed by atoms with Gasteiger partial charge in [0.25, 0.3) is 5.91 Å². The monoisotopic (exact) mass is 262 g/mol. The van der Waals surface area contributed by atoms with Gasteiger partial charge in [0, 0.05) is 19.7 Å². The fourth-order valence-corrected chi connectivity index (χ4v) is 2.50. The summed E-state index contributed by atoms with van der Waals surface area (Å²) in [5, 5.41) is 0. The van der Waals surface area contributed by atoms with Gasteiger partial charge in [-0.15, -0.1) is 0 Å². The third-order valence-electron chi connectivity index (χ3n) is 3.59. The van der Waals surface area contributed by atoms with Gasteiger partial charge in [-0.25, -0.2) is 0 Å². The first kappa shape index (κ1) is 14.0. The van der Waals surface area contributed by atoms with E-state index in [1.807, 2.05) is 42.2 Å². The van der Waals surface area contributed by atoms with Gasteiger partial charge in [-0.1, -0.05) is 30.3 Å². The van der Waals surface area contributed by atoms with Gasteiger partial charge in [0.15, 0.2) is 6.10 Å². The molecular formula is C15H22N2O2. The Balaban J connectivity index is 2.09. The van der Waals surface area contributed by atoms with Crippen molar-refractivity contribution >= 4 is 5.91 Å². The molecule has 1 saturated heterocycles. The van der Waals surface area contributed by atoms with Crippen molar-refractivity contribution < 1.29 is 9.53 Å². The molecule has 1 amide bonds. The van der Waals surface area contributed by atoms with Crippen LogP contribution in [0.15, 0.2) is 30.3 Å². The predicted molar refractivity (Wildman–Crippen MR) is 74.6 cm³/mol. The number of hydrogen-bond acceptors (Lipinski definition) is 3. The summed E-state index contributed by atoms with van der Waals surface area (Å²) < 4.78 is 5.65. The molecule has 4 heteroatoms. The van der Waals surface area contributed by atoms with E-state index in [1.54, 1.807) is 0 Å². The molecule has 19 heavy (non-hydrogen) atoms. The van der Waals surface area contributed by atoms with Gasteiger partial charge in [-0.2, -0.15) is 0 Å². The fraction of sp³-hybridized carbons (Fsp3) is 0.533. The molecule has 2 unspecified atom stereocenters. The highest BCUT2D eigenvalue weighted by molar-refractivity contribution is 5.82. The van der Waals surface area contributed by atoms with Crippen LogP contribution in [0.4, 0.5) is 0 Å². The van der Waals surface area contributed by atoms with E-state index in [0.717, 1.165) is 25.1 Å². The van der Waals surface area contributed by atoms with Crippen molar-refractivity contribution in [1.82, 2.24) is 4.90 Å². The van der Waals surface area contributed by atoms with Crippen LogP contribution in [0.3, 0.4) is 0 Å². The van der Waals surface area contributed by atoms with E-state index < -0.39 is 6.10 Å². The molecule has 4 nitrogen and oxygen atoms in total. The number of hydrogen-bond donors (Lipinski definition) is 1. The minimum absolute atomic E-state index is 0.0593. The Morgan fingerprint density at radius 3 is 2.79 bits per heavy atom. The topological polar surface area (TPSA) is 55.6 Å². The Morgan fingerprint density at radius 2 is 2.21 bits per heavy atom. The lowest BCUT2D eigenvalue weighted by Crippen LogP contribution is -2.35. The molecule has 0 radical (unpaired) electrons. The molecule has 1 fully saturated rings. The molecule has 0 spiro atoms. The SMILES string of the molecule is CCOC(C(=O)N1CCC(CN)C1)c1ccccc1. The van der Waals surface area contributed by atoms with Gasteiger partial charge in [-0.3, -0.25) is 4.79 Å². The van der Waals surface area contributed by atoms with Crippen LogP contribution in [0.2, 0.25) is 0 Å². The van der Waals surface area contributed by atoms with Crippen LogP contribution in [0.1, 0.15) is 25.0 Å². The van der Waals surface area contributed by atoms with E-state index in [1.165, 1.54) is 0 Å². The van der Waals surface area contributed by atoms with E-state index in [2.05, 4.69) is 0 Å². The van der Waals surface area contributed by atoms with Crippen LogP contribution in [0.25, 0.3) is 0 Å². The number of likely N-dealkylation sites (tertiary alicyclic amines) is 1. The second kappa shape index (κ2) is 6.68. The van der Waals surface area contributed by atoms with Crippen molar-refractivity contribution in [2.24, 2.45) is 11.7 Å². The van der Waals surface area contributed by atoms with E-state index in [-0.39, 0.29) is 5.91 Å². The number of nitrogens with two attached hydrogens (primary N) is 1. The summed E-state index contributed by atoms with van der Waals surface area (Å²) in [6, 6.07) is 9.68. The smallest absolute Gasteiger partial charge is 0.256 e. The zero-order valence-corrected chi connectivity index (χ0v) is 11.4. The van der Waals surface area contributed by atoms with Gasteiger partial charge < -0.3 is 15.4 Å². The zero-order valence-electron chi connectivity index (χ0n) is 11.4. The summed E-state index contributed by atoms with van der Waals surface area (Å²) in [5.41, 5.74) is 6.59. The van der Waals surface area contributed by atoms with Gasteiger partial charge in [0.1, 0.15) is 0 Å². The van der Waals surface area contributed by atoms with Crippen molar-refractivity contribution in [1.29, 1.82) is 0 Å². The summed E-state index contributed by atoms with van der Waals surface area (Å²) in [4.78, 5) is 14.4. The molecule has 2 N–H and O–H groups in total. The first-order valence-corrected chi connectivity index (χ1v) is 6.91. The van der Waals surface area contributed by atoms with Gasteiger partial charge >= 0.3 is 0 Å². The molecule has 1 aliphatic rings. The van der Waals surface area contributed by atoms with Crippen LogP contribution in [-0.2, 0) is 9.53 Å². The van der Waals surface area contributed by atoms with E-state index >= 15 is 0 Å². The van der Waals surface area contributed by atoms with Crippen LogP contribution in [-0.4, -0.2) is 37.0 Å². The summed E-state index contributed by atoms with van der Waals surface area (Å²) in [5.74, 6) is 0.492. The number of ether oxygens (including phenoxy) is 1. The molecule has 0 aliphatic carbocycles. The number of rotatable bonds is 5. The maximum absolute atomic E-state index is 12.6. The first-order valence-electron chi connectivity index (χ1n) is 6.91. The van der Waals surface area contributed by atoms with Crippen LogP contribution >= 0.6 is 0 Å². The molecule has 1 aromatic carbocycles. The Hall–Kier alpha value is -1.39. The number of carbonyl (C=O) groups is 1. The molecule has 2 atom stereocenters. The Bertz CT molecular complexity index is 408. The molecule has 2 rings (SSSR count). The highest BCUT2D eigenvalue weighted by Gasteiger charge is 2.31. The summed E-state index contributed by atoms with van der Waals surface area (Å²) in [6.45, 7) is 4.63.